The zero-order valence-electron chi connectivity index (χ0n) is 19.9. The normalized spacial score (nSPS) is 14.8. The Morgan fingerprint density at radius 3 is 2.74 bits per heavy atom. The first-order valence-corrected chi connectivity index (χ1v) is 13.1. The second-order valence-electron chi connectivity index (χ2n) is 8.29. The molecule has 0 unspecified atom stereocenters. The van der Waals surface area contributed by atoms with E-state index in [1.54, 1.807) is 28.9 Å². The van der Waals surface area contributed by atoms with Crippen molar-refractivity contribution >= 4 is 32.8 Å². The van der Waals surface area contributed by atoms with E-state index in [-0.39, 0.29) is 17.2 Å². The van der Waals surface area contributed by atoms with E-state index >= 15 is 0 Å². The van der Waals surface area contributed by atoms with E-state index in [9.17, 15) is 13.2 Å². The summed E-state index contributed by atoms with van der Waals surface area (Å²) in [6, 6.07) is 8.84. The van der Waals surface area contributed by atoms with Gasteiger partial charge < -0.3 is 14.6 Å². The summed E-state index contributed by atoms with van der Waals surface area (Å²) in [4.78, 5) is 17.5. The molecule has 1 aliphatic heterocycles. The Kier molecular flexibility index (Phi) is 7.49. The summed E-state index contributed by atoms with van der Waals surface area (Å²) in [6.45, 7) is 6.30. The molecule has 4 rings (SSSR count). The van der Waals surface area contributed by atoms with Crippen LogP contribution in [0.2, 0.25) is 0 Å². The average Bonchev–Trinajstić information content (AvgIpc) is 3.39. The Morgan fingerprint density at radius 2 is 2.03 bits per heavy atom. The number of imidazole rings is 1. The molecule has 0 spiro atoms. The molecule has 186 valence electrons. The highest BCUT2D eigenvalue weighted by atomic mass is 32.2. The Bertz CT molecular complexity index is 1360. The number of nitrogens with zero attached hydrogens (tertiary/aromatic N) is 6. The molecule has 0 atom stereocenters. The van der Waals surface area contributed by atoms with Gasteiger partial charge in [0.05, 0.1) is 53.9 Å². The van der Waals surface area contributed by atoms with Crippen LogP contribution in [0.1, 0.15) is 31.3 Å². The third-order valence-corrected chi connectivity index (χ3v) is 7.80. The molecule has 3 heterocycles. The lowest BCUT2D eigenvalue weighted by atomic mass is 10.2. The predicted molar refractivity (Wildman–Crippen MR) is 129 cm³/mol. The number of fused-ring (bicyclic) bond motifs is 1. The highest BCUT2D eigenvalue weighted by molar-refractivity contribution is 7.89. The fraction of sp³-hybridized carbons (Fsp3) is 0.478. The van der Waals surface area contributed by atoms with Crippen molar-refractivity contribution in [3.8, 4) is 6.07 Å². The van der Waals surface area contributed by atoms with Gasteiger partial charge in [-0.1, -0.05) is 0 Å². The fourth-order valence-electron chi connectivity index (χ4n) is 4.20. The molecule has 11 nitrogen and oxygen atoms in total. The average molecular weight is 500 g/mol. The van der Waals surface area contributed by atoms with Gasteiger partial charge in [0, 0.05) is 38.5 Å². The van der Waals surface area contributed by atoms with E-state index in [4.69, 9.17) is 10.00 Å². The van der Waals surface area contributed by atoms with E-state index in [0.717, 1.165) is 11.2 Å². The molecule has 0 radical (unpaired) electrons. The Balaban J connectivity index is 1.50. The molecule has 1 N–H and O–H groups in total. The number of hydrogen-bond acceptors (Lipinski definition) is 7. The quantitative estimate of drug-likeness (QED) is 0.476. The topological polar surface area (TPSA) is 135 Å². The van der Waals surface area contributed by atoms with Crippen LogP contribution in [-0.2, 0) is 39.1 Å². The van der Waals surface area contributed by atoms with Crippen molar-refractivity contribution in [3.05, 3.63) is 35.8 Å². The van der Waals surface area contributed by atoms with E-state index in [1.165, 1.54) is 4.31 Å². The number of morpholine rings is 1. The smallest absolute Gasteiger partial charge is 0.243 e. The molecule has 0 aliphatic carbocycles. The molecule has 12 heteroatoms. The Morgan fingerprint density at radius 1 is 1.26 bits per heavy atom. The number of benzene rings is 1. The molecule has 1 amide bonds. The van der Waals surface area contributed by atoms with E-state index in [0.29, 0.717) is 69.4 Å². The number of anilines is 1. The van der Waals surface area contributed by atoms with Crippen LogP contribution in [0.25, 0.3) is 11.0 Å². The maximum atomic E-state index is 13.0. The number of nitrogens with one attached hydrogen (secondary N) is 1. The minimum atomic E-state index is -3.62. The monoisotopic (exact) mass is 499 g/mol. The van der Waals surface area contributed by atoms with Crippen molar-refractivity contribution in [1.29, 1.82) is 5.26 Å². The van der Waals surface area contributed by atoms with Gasteiger partial charge in [0.2, 0.25) is 15.9 Å². The first-order chi connectivity index (χ1) is 16.8. The number of aromatic nitrogens is 4. The Hall–Kier alpha value is -3.27. The largest absolute Gasteiger partial charge is 0.379 e. The lowest BCUT2D eigenvalue weighted by molar-refractivity contribution is -0.116. The summed E-state index contributed by atoms with van der Waals surface area (Å²) >= 11 is 0. The summed E-state index contributed by atoms with van der Waals surface area (Å²) < 4.78 is 36.4. The number of ether oxygens (including phenoxy) is 1. The van der Waals surface area contributed by atoms with Crippen molar-refractivity contribution in [2.75, 3.05) is 31.6 Å². The number of hydrogen-bond donors (Lipinski definition) is 1. The van der Waals surface area contributed by atoms with Crippen LogP contribution >= 0.6 is 0 Å². The highest BCUT2D eigenvalue weighted by Gasteiger charge is 2.27. The van der Waals surface area contributed by atoms with Crippen LogP contribution in [0.5, 0.6) is 0 Å². The third-order valence-electron chi connectivity index (χ3n) is 5.90. The van der Waals surface area contributed by atoms with Gasteiger partial charge in [-0.3, -0.25) is 4.79 Å². The predicted octanol–water partition coefficient (Wildman–Crippen LogP) is 2.07. The summed E-state index contributed by atoms with van der Waals surface area (Å²) in [6.07, 6.45) is 0.893. The minimum Gasteiger partial charge on any atom is -0.379 e. The van der Waals surface area contributed by atoms with Gasteiger partial charge in [0.25, 0.3) is 0 Å². The van der Waals surface area contributed by atoms with Crippen LogP contribution in [0, 0.1) is 18.3 Å². The first kappa shape index (κ1) is 24.8. The standard InChI is InChI=1S/C23H29N7O4S/c1-3-29-20-6-5-18(35(32,33)28-11-13-34-14-12-28)16-19(20)25-21(29)7-8-23(31)26-22-15-17(2)27-30(22)10-4-9-24/h5-6,15-16H,3-4,7-8,10-14H2,1-2H3,(H,26,31). The van der Waals surface area contributed by atoms with Crippen molar-refractivity contribution in [3.63, 3.8) is 0 Å². The molecule has 1 saturated heterocycles. The van der Waals surface area contributed by atoms with Crippen LogP contribution in [-0.4, -0.2) is 64.3 Å². The second-order valence-corrected chi connectivity index (χ2v) is 10.2. The van der Waals surface area contributed by atoms with Crippen molar-refractivity contribution < 1.29 is 17.9 Å². The van der Waals surface area contributed by atoms with Crippen molar-refractivity contribution in [2.45, 2.75) is 51.1 Å². The number of carbonyl (C=O) groups excluding carboxylic acids is 1. The number of sulfonamides is 1. The summed E-state index contributed by atoms with van der Waals surface area (Å²) in [5.41, 5.74) is 2.17. The zero-order valence-corrected chi connectivity index (χ0v) is 20.7. The van der Waals surface area contributed by atoms with E-state index < -0.39 is 10.0 Å². The molecule has 3 aromatic rings. The SMILES string of the molecule is CCn1c(CCC(=O)Nc2cc(C)nn2CCC#N)nc2cc(S(=O)(=O)N3CCOCC3)ccc21. The number of rotatable bonds is 9. The van der Waals surface area contributed by atoms with Crippen LogP contribution in [0.15, 0.2) is 29.2 Å². The number of aryl methyl sites for hydroxylation is 4. The third kappa shape index (κ3) is 5.37. The number of carbonyl (C=O) groups is 1. The molecular formula is C23H29N7O4S. The Labute approximate surface area is 204 Å². The molecule has 35 heavy (non-hydrogen) atoms. The van der Waals surface area contributed by atoms with Crippen molar-refractivity contribution in [2.24, 2.45) is 0 Å². The van der Waals surface area contributed by atoms with Gasteiger partial charge in [0.15, 0.2) is 0 Å². The molecular weight excluding hydrogens is 470 g/mol. The van der Waals surface area contributed by atoms with Crippen LogP contribution in [0.4, 0.5) is 5.82 Å². The highest BCUT2D eigenvalue weighted by Crippen LogP contribution is 2.24. The lowest BCUT2D eigenvalue weighted by Gasteiger charge is -2.26. The first-order valence-electron chi connectivity index (χ1n) is 11.6. The molecule has 2 aromatic heterocycles. The number of amides is 1. The number of nitriles is 1. The second kappa shape index (κ2) is 10.6. The molecule has 1 aliphatic rings. The van der Waals surface area contributed by atoms with Gasteiger partial charge in [-0.05, 0) is 32.0 Å². The van der Waals surface area contributed by atoms with Gasteiger partial charge in [-0.15, -0.1) is 0 Å². The summed E-state index contributed by atoms with van der Waals surface area (Å²) in [7, 11) is -3.62. The fourth-order valence-corrected chi connectivity index (χ4v) is 5.63. The van der Waals surface area contributed by atoms with Gasteiger partial charge >= 0.3 is 0 Å². The van der Waals surface area contributed by atoms with E-state index in [2.05, 4.69) is 21.5 Å². The van der Waals surface area contributed by atoms with Gasteiger partial charge in [-0.2, -0.15) is 14.7 Å². The minimum absolute atomic E-state index is 0.187. The molecule has 0 bridgehead atoms. The van der Waals surface area contributed by atoms with Crippen LogP contribution in [0.3, 0.4) is 0 Å². The van der Waals surface area contributed by atoms with Gasteiger partial charge in [-0.25, -0.2) is 18.1 Å². The lowest BCUT2D eigenvalue weighted by Crippen LogP contribution is -2.40. The maximum absolute atomic E-state index is 13.0. The van der Waals surface area contributed by atoms with Gasteiger partial charge in [0.1, 0.15) is 11.6 Å². The molecule has 0 saturated carbocycles. The maximum Gasteiger partial charge on any atom is 0.243 e. The van der Waals surface area contributed by atoms with Crippen molar-refractivity contribution in [1.82, 2.24) is 23.6 Å². The zero-order chi connectivity index (χ0) is 25.0. The molecule has 1 aromatic carbocycles. The summed E-state index contributed by atoms with van der Waals surface area (Å²) in [5, 5.41) is 16.0. The van der Waals surface area contributed by atoms with Crippen LogP contribution < -0.4 is 5.32 Å². The van der Waals surface area contributed by atoms with E-state index in [1.807, 2.05) is 18.4 Å². The summed E-state index contributed by atoms with van der Waals surface area (Å²) in [5.74, 6) is 1.09. The molecule has 1 fully saturated rings.